The smallest absolute Gasteiger partial charge is 0.0395 e. The fraction of sp³-hybridized carbons (Fsp3) is 0.700. The van der Waals surface area contributed by atoms with Gasteiger partial charge in [-0.3, -0.25) is 0 Å². The van der Waals surface area contributed by atoms with Crippen LogP contribution in [0.5, 0.6) is 0 Å². The molecule has 1 aromatic carbocycles. The molecule has 0 bridgehead atoms. The molecule has 0 heteroatoms. The molecule has 0 nitrogen and oxygen atoms in total. The summed E-state index contributed by atoms with van der Waals surface area (Å²) in [7, 11) is 0. The molecule has 0 heterocycles. The van der Waals surface area contributed by atoms with Gasteiger partial charge in [-0.15, -0.1) is 0 Å². The molecule has 0 aliphatic carbocycles. The van der Waals surface area contributed by atoms with Gasteiger partial charge in [-0.25, -0.2) is 0 Å². The lowest BCUT2D eigenvalue weighted by molar-refractivity contribution is 0.624. The molecule has 0 spiro atoms. The van der Waals surface area contributed by atoms with E-state index >= 15 is 0 Å². The van der Waals surface area contributed by atoms with Crippen LogP contribution >= 0.6 is 0 Å². The van der Waals surface area contributed by atoms with Crippen molar-refractivity contribution in [3.05, 3.63) is 35.4 Å². The molecule has 0 N–H and O–H groups in total. The Labute approximate surface area is 130 Å². The summed E-state index contributed by atoms with van der Waals surface area (Å²) >= 11 is 0. The third-order valence-electron chi connectivity index (χ3n) is 2.88. The maximum atomic E-state index is 2.26. The highest BCUT2D eigenvalue weighted by Crippen LogP contribution is 2.03. The first-order valence-corrected chi connectivity index (χ1v) is 8.74. The molecule has 1 rings (SSSR count). The zero-order chi connectivity index (χ0) is 16.2. The summed E-state index contributed by atoms with van der Waals surface area (Å²) in [4.78, 5) is 0. The van der Waals surface area contributed by atoms with Crippen LogP contribution < -0.4 is 0 Å². The SMILES string of the molecule is CC.CC.CCCCCCCC.Cc1ccccc1C. The molecule has 0 amide bonds. The van der Waals surface area contributed by atoms with E-state index in [-0.39, 0.29) is 0 Å². The van der Waals surface area contributed by atoms with Gasteiger partial charge >= 0.3 is 0 Å². The second-order valence-electron chi connectivity index (χ2n) is 4.50. The van der Waals surface area contributed by atoms with Gasteiger partial charge in [-0.1, -0.05) is 104 Å². The highest BCUT2D eigenvalue weighted by atomic mass is 13.9. The third-order valence-corrected chi connectivity index (χ3v) is 2.88. The molecule has 0 aliphatic heterocycles. The monoisotopic (exact) mass is 280 g/mol. The molecule has 0 saturated heterocycles. The van der Waals surface area contributed by atoms with Crippen molar-refractivity contribution < 1.29 is 0 Å². The molecule has 0 radical (unpaired) electrons. The van der Waals surface area contributed by atoms with E-state index in [0.29, 0.717) is 0 Å². The summed E-state index contributed by atoms with van der Waals surface area (Å²) in [5, 5.41) is 0. The minimum absolute atomic E-state index is 1.36. The summed E-state index contributed by atoms with van der Waals surface area (Å²) in [6, 6.07) is 8.36. The van der Waals surface area contributed by atoms with Gasteiger partial charge in [0, 0.05) is 0 Å². The molecule has 1 aromatic rings. The lowest BCUT2D eigenvalue weighted by atomic mass is 10.1. The maximum Gasteiger partial charge on any atom is -0.0395 e. The van der Waals surface area contributed by atoms with E-state index in [2.05, 4.69) is 52.0 Å². The van der Waals surface area contributed by atoms with E-state index in [1.807, 2.05) is 27.7 Å². The third kappa shape index (κ3) is 19.6. The summed E-state index contributed by atoms with van der Waals surface area (Å²) < 4.78 is 0. The van der Waals surface area contributed by atoms with Gasteiger partial charge in [0.25, 0.3) is 0 Å². The van der Waals surface area contributed by atoms with Crippen molar-refractivity contribution in [2.75, 3.05) is 0 Å². The number of unbranched alkanes of at least 4 members (excludes halogenated alkanes) is 5. The zero-order valence-electron chi connectivity index (χ0n) is 15.6. The first kappa shape index (κ1) is 24.3. The molecular formula is C20H40. The van der Waals surface area contributed by atoms with E-state index in [1.54, 1.807) is 0 Å². The normalized spacial score (nSPS) is 8.20. The van der Waals surface area contributed by atoms with Crippen LogP contribution in [0.4, 0.5) is 0 Å². The van der Waals surface area contributed by atoms with Crippen LogP contribution in [0.1, 0.15) is 91.2 Å². The molecule has 0 fully saturated rings. The molecule has 120 valence electrons. The van der Waals surface area contributed by atoms with Crippen molar-refractivity contribution in [3.8, 4) is 0 Å². The van der Waals surface area contributed by atoms with Crippen LogP contribution in [-0.4, -0.2) is 0 Å². The minimum atomic E-state index is 1.36. The lowest BCUT2D eigenvalue weighted by Crippen LogP contribution is -1.74. The van der Waals surface area contributed by atoms with E-state index in [9.17, 15) is 0 Å². The highest BCUT2D eigenvalue weighted by molar-refractivity contribution is 5.23. The number of aryl methyl sites for hydroxylation is 2. The van der Waals surface area contributed by atoms with Crippen molar-refractivity contribution in [3.63, 3.8) is 0 Å². The van der Waals surface area contributed by atoms with Crippen LogP contribution in [0.3, 0.4) is 0 Å². The highest BCUT2D eigenvalue weighted by Gasteiger charge is 1.84. The Morgan fingerprint density at radius 3 is 1.10 bits per heavy atom. The van der Waals surface area contributed by atoms with Gasteiger partial charge in [0.2, 0.25) is 0 Å². The minimum Gasteiger partial charge on any atom is -0.0683 e. The average molecular weight is 281 g/mol. The zero-order valence-corrected chi connectivity index (χ0v) is 15.6. The Morgan fingerprint density at radius 2 is 0.900 bits per heavy atom. The Hall–Kier alpha value is -0.780. The van der Waals surface area contributed by atoms with Crippen molar-refractivity contribution >= 4 is 0 Å². The molecule has 0 saturated carbocycles. The van der Waals surface area contributed by atoms with Crippen LogP contribution in [0, 0.1) is 13.8 Å². The molecular weight excluding hydrogens is 240 g/mol. The van der Waals surface area contributed by atoms with Crippen LogP contribution in [-0.2, 0) is 0 Å². The first-order valence-electron chi connectivity index (χ1n) is 8.74. The van der Waals surface area contributed by atoms with Gasteiger partial charge in [-0.05, 0) is 25.0 Å². The van der Waals surface area contributed by atoms with E-state index in [4.69, 9.17) is 0 Å². The predicted molar refractivity (Wildman–Crippen MR) is 97.7 cm³/mol. The van der Waals surface area contributed by atoms with Gasteiger partial charge in [-0.2, -0.15) is 0 Å². The molecule has 20 heavy (non-hydrogen) atoms. The molecule has 0 unspecified atom stereocenters. The average Bonchev–Trinajstić information content (AvgIpc) is 2.52. The van der Waals surface area contributed by atoms with Crippen molar-refractivity contribution in [1.29, 1.82) is 0 Å². The summed E-state index contributed by atoms with van der Waals surface area (Å²) in [5.41, 5.74) is 2.74. The number of rotatable bonds is 5. The standard InChI is InChI=1S/C8H10.C8H18.2C2H6/c1-7-5-3-4-6-8(7)2;1-3-5-7-8-6-4-2;2*1-2/h3-6H,1-2H3;3-8H2,1-2H3;2*1-2H3. The van der Waals surface area contributed by atoms with Crippen LogP contribution in [0.25, 0.3) is 0 Å². The molecule has 0 atom stereocenters. The number of benzene rings is 1. The first-order chi connectivity index (χ1) is 9.72. The van der Waals surface area contributed by atoms with Crippen molar-refractivity contribution in [1.82, 2.24) is 0 Å². The Bertz CT molecular complexity index is 223. The van der Waals surface area contributed by atoms with Gasteiger partial charge in [0.05, 0.1) is 0 Å². The molecule has 0 aliphatic rings. The van der Waals surface area contributed by atoms with Gasteiger partial charge in [0.1, 0.15) is 0 Å². The van der Waals surface area contributed by atoms with E-state index < -0.39 is 0 Å². The summed E-state index contributed by atoms with van der Waals surface area (Å²) in [6.07, 6.45) is 8.49. The van der Waals surface area contributed by atoms with Crippen molar-refractivity contribution in [2.45, 2.75) is 93.9 Å². The summed E-state index contributed by atoms with van der Waals surface area (Å²) in [5.74, 6) is 0. The van der Waals surface area contributed by atoms with Crippen LogP contribution in [0.2, 0.25) is 0 Å². The number of hydrogen-bond acceptors (Lipinski definition) is 0. The Kier molecular flexibility index (Phi) is 28.3. The fourth-order valence-electron chi connectivity index (χ4n) is 1.52. The molecule has 0 aromatic heterocycles. The van der Waals surface area contributed by atoms with Gasteiger partial charge < -0.3 is 0 Å². The topological polar surface area (TPSA) is 0 Å². The van der Waals surface area contributed by atoms with E-state index in [0.717, 1.165) is 0 Å². The number of hydrogen-bond donors (Lipinski definition) is 0. The second kappa shape index (κ2) is 23.3. The summed E-state index contributed by atoms with van der Waals surface area (Å²) in [6.45, 7) is 16.8. The Morgan fingerprint density at radius 1 is 0.600 bits per heavy atom. The Balaban J connectivity index is -0.000000231. The van der Waals surface area contributed by atoms with E-state index in [1.165, 1.54) is 49.7 Å². The maximum absolute atomic E-state index is 2.26. The fourth-order valence-corrected chi connectivity index (χ4v) is 1.52. The largest absolute Gasteiger partial charge is 0.0683 e. The van der Waals surface area contributed by atoms with Crippen molar-refractivity contribution in [2.24, 2.45) is 0 Å². The lowest BCUT2D eigenvalue weighted by Gasteiger charge is -1.93. The predicted octanol–water partition coefficient (Wildman–Crippen LogP) is 7.72. The quantitative estimate of drug-likeness (QED) is 0.484. The van der Waals surface area contributed by atoms with Gasteiger partial charge in [0.15, 0.2) is 0 Å². The van der Waals surface area contributed by atoms with Crippen LogP contribution in [0.15, 0.2) is 24.3 Å². The second-order valence-corrected chi connectivity index (χ2v) is 4.50.